The summed E-state index contributed by atoms with van der Waals surface area (Å²) in [4.78, 5) is 128. The van der Waals surface area contributed by atoms with Gasteiger partial charge in [-0.1, -0.05) is 66.7 Å². The average molecular weight is 847 g/mol. The second kappa shape index (κ2) is 25.6. The van der Waals surface area contributed by atoms with E-state index in [-0.39, 0.29) is 31.7 Å². The summed E-state index contributed by atoms with van der Waals surface area (Å²) in [6.45, 7) is 12.7. The Labute approximate surface area is 350 Å². The summed E-state index contributed by atoms with van der Waals surface area (Å²) in [5.41, 5.74) is 0.630. The highest BCUT2D eigenvalue weighted by atomic mass is 16.5. The van der Waals surface area contributed by atoms with E-state index in [1.54, 1.807) is 72.7 Å². The Morgan fingerprint density at radius 3 is 1.72 bits per heavy atom. The molecule has 6 atom stereocenters. The summed E-state index contributed by atoms with van der Waals surface area (Å²) in [6, 6.07) is 0.603. The summed E-state index contributed by atoms with van der Waals surface area (Å²) in [6.07, 6.45) is -2.13. The first-order valence-electron chi connectivity index (χ1n) is 19.9. The molecule has 1 rings (SSSR count). The fourth-order valence-corrected chi connectivity index (χ4v) is 6.12. The standard InChI is InChI=1S/C41H62N6O13/c1-10-27(36(54)41(59)42-20-25-13-11-12-14-31(25)60-9)44-38(56)29(17-21(2)3)45-39(57)34(22(4)5)47-40(58)35(23(6)7)46-37(55)26(19-33(52)53)18-30(49)28(43-24(8)48)15-16-32(50)51/h11-14,21-23,26-29,34-35H,10,15-20H2,1-9H3,(H,42,59)(H,43,48)(H,44,56)(H,45,57)(H,46,55)(H,47,58)(H,50,51)(H,52,53)/t26-,27-,28-,29-,34-,35-/m0/s1. The predicted octanol–water partition coefficient (Wildman–Crippen LogP) is 1.01. The SMILES string of the molecule is CC[C@H](NC(=O)[C@H](CC(C)C)NC(=O)[C@@H](NC(=O)[C@@H](NC(=O)[C@H](CC(=O)O)CC(=O)[C@H](CCC(=O)O)NC(C)=O)C(C)C)C(C)C)C(=O)C(=O)NCc1ccccc1OC. The normalized spacial score (nSPS) is 14.1. The number of ether oxygens (including phenoxy) is 1. The smallest absolute Gasteiger partial charge is 0.304 e. The van der Waals surface area contributed by atoms with Gasteiger partial charge in [0, 0.05) is 31.9 Å². The molecule has 0 aliphatic rings. The van der Waals surface area contributed by atoms with Gasteiger partial charge in [-0.3, -0.25) is 47.9 Å². The molecule has 0 saturated carbocycles. The van der Waals surface area contributed by atoms with Gasteiger partial charge in [0.15, 0.2) is 5.78 Å². The van der Waals surface area contributed by atoms with Crippen molar-refractivity contribution in [2.45, 2.75) is 131 Å². The van der Waals surface area contributed by atoms with Crippen LogP contribution in [0.3, 0.4) is 0 Å². The lowest BCUT2D eigenvalue weighted by Crippen LogP contribution is -2.60. The summed E-state index contributed by atoms with van der Waals surface area (Å²) in [7, 11) is 1.47. The van der Waals surface area contributed by atoms with E-state index in [1.165, 1.54) is 7.11 Å². The molecule has 0 aromatic heterocycles. The van der Waals surface area contributed by atoms with Crippen molar-refractivity contribution in [3.05, 3.63) is 29.8 Å². The van der Waals surface area contributed by atoms with E-state index in [1.807, 2.05) is 0 Å². The monoisotopic (exact) mass is 846 g/mol. The summed E-state index contributed by atoms with van der Waals surface area (Å²) in [5.74, 6) is -11.6. The van der Waals surface area contributed by atoms with Crippen LogP contribution in [0.2, 0.25) is 0 Å². The van der Waals surface area contributed by atoms with E-state index in [0.29, 0.717) is 11.3 Å². The Morgan fingerprint density at radius 1 is 0.667 bits per heavy atom. The van der Waals surface area contributed by atoms with Gasteiger partial charge in [0.25, 0.3) is 5.91 Å². The van der Waals surface area contributed by atoms with Crippen molar-refractivity contribution >= 4 is 58.9 Å². The lowest BCUT2D eigenvalue weighted by Gasteiger charge is -2.30. The first kappa shape index (κ1) is 52.1. The number of benzene rings is 1. The Balaban J connectivity index is 3.18. The first-order valence-corrected chi connectivity index (χ1v) is 19.9. The molecule has 1 aromatic carbocycles. The van der Waals surface area contributed by atoms with E-state index in [0.717, 1.165) is 6.92 Å². The van der Waals surface area contributed by atoms with Gasteiger partial charge in [-0.15, -0.1) is 0 Å². The van der Waals surface area contributed by atoms with Gasteiger partial charge in [-0.25, -0.2) is 0 Å². The largest absolute Gasteiger partial charge is 0.496 e. The molecule has 19 heteroatoms. The molecule has 0 bridgehead atoms. The number of hydrogen-bond donors (Lipinski definition) is 8. The zero-order valence-electron chi connectivity index (χ0n) is 35.8. The van der Waals surface area contributed by atoms with Crippen LogP contribution in [0.5, 0.6) is 5.75 Å². The summed E-state index contributed by atoms with van der Waals surface area (Å²) >= 11 is 0. The molecule has 0 unspecified atom stereocenters. The van der Waals surface area contributed by atoms with E-state index in [2.05, 4.69) is 31.9 Å². The maximum atomic E-state index is 13.8. The van der Waals surface area contributed by atoms with E-state index in [4.69, 9.17) is 9.84 Å². The zero-order chi connectivity index (χ0) is 45.9. The number of aliphatic carboxylic acids is 2. The first-order chi connectivity index (χ1) is 28.0. The van der Waals surface area contributed by atoms with Crippen molar-refractivity contribution < 1.29 is 62.9 Å². The van der Waals surface area contributed by atoms with Gasteiger partial charge in [0.1, 0.15) is 23.9 Å². The molecule has 6 amide bonds. The fourth-order valence-electron chi connectivity index (χ4n) is 6.12. The van der Waals surface area contributed by atoms with E-state index < -0.39 is 126 Å². The van der Waals surface area contributed by atoms with Crippen molar-refractivity contribution in [1.82, 2.24) is 31.9 Å². The van der Waals surface area contributed by atoms with Crippen molar-refractivity contribution in [2.75, 3.05) is 7.11 Å². The number of carbonyl (C=O) groups excluding carboxylic acids is 8. The molecule has 1 aromatic rings. The Hall–Kier alpha value is -5.88. The van der Waals surface area contributed by atoms with Crippen LogP contribution < -0.4 is 36.6 Å². The van der Waals surface area contributed by atoms with E-state index >= 15 is 0 Å². The number of methoxy groups -OCH3 is 1. The van der Waals surface area contributed by atoms with Crippen LogP contribution in [-0.4, -0.2) is 106 Å². The maximum absolute atomic E-state index is 13.8. The van der Waals surface area contributed by atoms with Gasteiger partial charge in [0.2, 0.25) is 35.3 Å². The number of nitrogens with one attached hydrogen (secondary N) is 6. The second-order valence-electron chi connectivity index (χ2n) is 15.6. The highest BCUT2D eigenvalue weighted by molar-refractivity contribution is 6.38. The lowest BCUT2D eigenvalue weighted by atomic mass is 9.92. The molecule has 0 fully saturated rings. The van der Waals surface area contributed by atoms with Crippen LogP contribution in [0.4, 0.5) is 0 Å². The topological polar surface area (TPSA) is 293 Å². The minimum Gasteiger partial charge on any atom is -0.496 e. The lowest BCUT2D eigenvalue weighted by molar-refractivity contribution is -0.143. The van der Waals surface area contributed by atoms with Crippen LogP contribution in [0, 0.1) is 23.7 Å². The Kier molecular flexibility index (Phi) is 22.2. The van der Waals surface area contributed by atoms with Crippen molar-refractivity contribution in [1.29, 1.82) is 0 Å². The molecule has 60 heavy (non-hydrogen) atoms. The van der Waals surface area contributed by atoms with Gasteiger partial charge in [-0.2, -0.15) is 0 Å². The van der Waals surface area contributed by atoms with Gasteiger partial charge >= 0.3 is 11.9 Å². The van der Waals surface area contributed by atoms with Crippen LogP contribution in [0.25, 0.3) is 0 Å². The van der Waals surface area contributed by atoms with E-state index in [9.17, 15) is 53.1 Å². The molecule has 19 nitrogen and oxygen atoms in total. The molecular weight excluding hydrogens is 784 g/mol. The highest BCUT2D eigenvalue weighted by Crippen LogP contribution is 2.18. The minimum absolute atomic E-state index is 0.00617. The van der Waals surface area contributed by atoms with Crippen LogP contribution in [0.1, 0.15) is 99.5 Å². The van der Waals surface area contributed by atoms with Crippen molar-refractivity contribution in [3.63, 3.8) is 0 Å². The number of rotatable bonds is 27. The Morgan fingerprint density at radius 2 is 1.22 bits per heavy atom. The van der Waals surface area contributed by atoms with Crippen molar-refractivity contribution in [3.8, 4) is 5.75 Å². The quantitative estimate of drug-likeness (QED) is 0.0575. The number of ketones is 2. The maximum Gasteiger partial charge on any atom is 0.304 e. The number of Topliss-reactive ketones (excluding diaryl/α,β-unsaturated/α-hetero) is 2. The minimum atomic E-state index is -1.51. The molecule has 8 N–H and O–H groups in total. The third-order valence-electron chi connectivity index (χ3n) is 9.38. The number of amides is 6. The van der Waals surface area contributed by atoms with Gasteiger partial charge in [-0.05, 0) is 43.1 Å². The van der Waals surface area contributed by atoms with Crippen molar-refractivity contribution in [2.24, 2.45) is 23.7 Å². The average Bonchev–Trinajstić information content (AvgIpc) is 3.16. The third kappa shape index (κ3) is 17.9. The Bertz CT molecular complexity index is 1710. The molecule has 0 aliphatic carbocycles. The second-order valence-corrected chi connectivity index (χ2v) is 15.6. The summed E-state index contributed by atoms with van der Waals surface area (Å²) in [5, 5.41) is 33.8. The molecule has 334 valence electrons. The number of hydrogen-bond acceptors (Lipinski definition) is 11. The number of carbonyl (C=O) groups is 10. The molecule has 0 aliphatic heterocycles. The number of carboxylic acid groups (broad SMARTS) is 2. The number of carboxylic acids is 2. The van der Waals surface area contributed by atoms with Gasteiger partial charge in [0.05, 0.1) is 31.5 Å². The molecular formula is C41H62N6O13. The van der Waals surface area contributed by atoms with Gasteiger partial charge < -0.3 is 46.9 Å². The fraction of sp³-hybridized carbons (Fsp3) is 0.610. The molecule has 0 saturated heterocycles. The molecule has 0 heterocycles. The number of para-hydroxylation sites is 1. The van der Waals surface area contributed by atoms with Crippen LogP contribution >= 0.6 is 0 Å². The van der Waals surface area contributed by atoms with Crippen LogP contribution in [-0.2, 0) is 54.5 Å². The molecule has 0 radical (unpaired) electrons. The van der Waals surface area contributed by atoms with Crippen LogP contribution in [0.15, 0.2) is 24.3 Å². The highest BCUT2D eigenvalue weighted by Gasteiger charge is 2.36. The predicted molar refractivity (Wildman–Crippen MR) is 217 cm³/mol. The molecule has 0 spiro atoms. The summed E-state index contributed by atoms with van der Waals surface area (Å²) < 4.78 is 5.28. The zero-order valence-corrected chi connectivity index (χ0v) is 35.8. The third-order valence-corrected chi connectivity index (χ3v) is 9.38.